The molecule has 2 heterocycles. The largest absolute Gasteiger partial charge is 0.496 e. The van der Waals surface area contributed by atoms with E-state index in [1.807, 2.05) is 51.1 Å². The molecular formula is C22H25N5O2. The zero-order valence-corrected chi connectivity index (χ0v) is 17.2. The molecule has 7 nitrogen and oxygen atoms in total. The predicted octanol–water partition coefficient (Wildman–Crippen LogP) is 3.63. The minimum atomic E-state index is 0.0157. The lowest BCUT2D eigenvalue weighted by atomic mass is 9.81. The van der Waals surface area contributed by atoms with Gasteiger partial charge in [-0.3, -0.25) is 4.79 Å². The van der Waals surface area contributed by atoms with E-state index in [0.29, 0.717) is 36.7 Å². The molecule has 1 aliphatic rings. The Morgan fingerprint density at radius 1 is 1.17 bits per heavy atom. The molecule has 1 N–H and O–H groups in total. The highest BCUT2D eigenvalue weighted by molar-refractivity contribution is 6.03. The molecule has 1 aliphatic carbocycles. The summed E-state index contributed by atoms with van der Waals surface area (Å²) < 4.78 is 7.27. The van der Waals surface area contributed by atoms with Crippen molar-refractivity contribution in [3.05, 3.63) is 58.5 Å². The predicted molar refractivity (Wildman–Crippen MR) is 111 cm³/mol. The number of nitrogens with zero attached hydrogens (tertiary/aromatic N) is 4. The lowest BCUT2D eigenvalue weighted by molar-refractivity contribution is 0.0964. The van der Waals surface area contributed by atoms with Gasteiger partial charge in [0.05, 0.1) is 18.4 Å². The molecule has 0 aliphatic heterocycles. The van der Waals surface area contributed by atoms with Crippen LogP contribution in [0.1, 0.15) is 52.3 Å². The van der Waals surface area contributed by atoms with E-state index in [2.05, 4.69) is 20.4 Å². The van der Waals surface area contributed by atoms with Crippen molar-refractivity contribution < 1.29 is 9.53 Å². The van der Waals surface area contributed by atoms with Crippen LogP contribution in [0.25, 0.3) is 5.95 Å². The summed E-state index contributed by atoms with van der Waals surface area (Å²) in [5.74, 6) is 2.00. The van der Waals surface area contributed by atoms with Gasteiger partial charge >= 0.3 is 0 Å². The van der Waals surface area contributed by atoms with Crippen molar-refractivity contribution in [1.29, 1.82) is 0 Å². The maximum atomic E-state index is 13.2. The first-order chi connectivity index (χ1) is 14.0. The van der Waals surface area contributed by atoms with Crippen molar-refractivity contribution in [2.75, 3.05) is 19.0 Å². The molecule has 0 amide bonds. The number of hydrogen-bond acceptors (Lipinski definition) is 6. The SMILES string of the molecule is CCNc1nn(-c2nc(C)cc(C)n2)c2c1C(=O)C[C@H](c1ccccc1OC)C2. The van der Waals surface area contributed by atoms with Crippen molar-refractivity contribution in [3.63, 3.8) is 0 Å². The second-order valence-corrected chi connectivity index (χ2v) is 7.33. The summed E-state index contributed by atoms with van der Waals surface area (Å²) in [5, 5.41) is 7.91. The van der Waals surface area contributed by atoms with Gasteiger partial charge in [0, 0.05) is 30.3 Å². The molecule has 3 aromatic rings. The summed E-state index contributed by atoms with van der Waals surface area (Å²) in [6, 6.07) is 9.81. The third-order valence-electron chi connectivity index (χ3n) is 5.21. The molecule has 0 spiro atoms. The minimum Gasteiger partial charge on any atom is -0.496 e. The maximum Gasteiger partial charge on any atom is 0.251 e. The van der Waals surface area contributed by atoms with Crippen molar-refractivity contribution in [2.45, 2.75) is 39.5 Å². The zero-order valence-electron chi connectivity index (χ0n) is 17.2. The van der Waals surface area contributed by atoms with Crippen LogP contribution in [0.4, 0.5) is 5.82 Å². The third-order valence-corrected chi connectivity index (χ3v) is 5.21. The number of aromatic nitrogens is 4. The number of ether oxygens (including phenoxy) is 1. The molecule has 4 rings (SSSR count). The molecule has 0 bridgehead atoms. The highest BCUT2D eigenvalue weighted by atomic mass is 16.5. The van der Waals surface area contributed by atoms with E-state index in [4.69, 9.17) is 4.74 Å². The highest BCUT2D eigenvalue weighted by Gasteiger charge is 2.35. The lowest BCUT2D eigenvalue weighted by Crippen LogP contribution is -2.22. The Balaban J connectivity index is 1.85. The summed E-state index contributed by atoms with van der Waals surface area (Å²) in [5.41, 5.74) is 4.27. The van der Waals surface area contributed by atoms with E-state index >= 15 is 0 Å². The van der Waals surface area contributed by atoms with Crippen LogP contribution in [0.3, 0.4) is 0 Å². The normalized spacial score (nSPS) is 15.9. The number of para-hydroxylation sites is 1. The van der Waals surface area contributed by atoms with Gasteiger partial charge in [-0.25, -0.2) is 14.6 Å². The summed E-state index contributed by atoms with van der Waals surface area (Å²) in [7, 11) is 1.66. The van der Waals surface area contributed by atoms with Crippen LogP contribution in [0, 0.1) is 13.8 Å². The number of carbonyl (C=O) groups excluding carboxylic acids is 1. The fraction of sp³-hybridized carbons (Fsp3) is 0.364. The van der Waals surface area contributed by atoms with E-state index in [9.17, 15) is 4.79 Å². The molecule has 1 aromatic carbocycles. The Bertz CT molecular complexity index is 1050. The number of aryl methyl sites for hydroxylation is 2. The Kier molecular flexibility index (Phi) is 5.05. The number of fused-ring (bicyclic) bond motifs is 1. The van der Waals surface area contributed by atoms with Crippen LogP contribution in [0.15, 0.2) is 30.3 Å². The summed E-state index contributed by atoms with van der Waals surface area (Å²) in [6.07, 6.45) is 1.08. The van der Waals surface area contributed by atoms with E-state index in [1.165, 1.54) is 0 Å². The summed E-state index contributed by atoms with van der Waals surface area (Å²) in [4.78, 5) is 22.3. The van der Waals surface area contributed by atoms with Gasteiger partial charge in [-0.1, -0.05) is 18.2 Å². The zero-order chi connectivity index (χ0) is 20.5. The molecule has 29 heavy (non-hydrogen) atoms. The second kappa shape index (κ2) is 7.66. The Morgan fingerprint density at radius 3 is 2.59 bits per heavy atom. The third kappa shape index (κ3) is 3.48. The standard InChI is InChI=1S/C22H25N5O2/c1-5-23-21-20-17(27(26-21)22-24-13(2)10-14(3)25-22)11-15(12-18(20)28)16-8-6-7-9-19(16)29-4/h6-10,15H,5,11-12H2,1-4H3,(H,23,26)/t15-/m1/s1. The average Bonchev–Trinajstić information content (AvgIpc) is 3.06. The fourth-order valence-electron chi connectivity index (χ4n) is 4.05. The van der Waals surface area contributed by atoms with Gasteiger partial charge in [0.25, 0.3) is 5.95 Å². The number of ketones is 1. The Hall–Kier alpha value is -3.22. The first kappa shape index (κ1) is 19.1. The first-order valence-corrected chi connectivity index (χ1v) is 9.86. The van der Waals surface area contributed by atoms with Crippen LogP contribution in [-0.4, -0.2) is 39.2 Å². The number of nitrogens with one attached hydrogen (secondary N) is 1. The van der Waals surface area contributed by atoms with Crippen LogP contribution >= 0.6 is 0 Å². The summed E-state index contributed by atoms with van der Waals surface area (Å²) >= 11 is 0. The number of benzene rings is 1. The monoisotopic (exact) mass is 391 g/mol. The molecule has 0 fully saturated rings. The van der Waals surface area contributed by atoms with Crippen molar-refractivity contribution in [3.8, 4) is 11.7 Å². The molecule has 2 aromatic heterocycles. The molecule has 0 saturated heterocycles. The van der Waals surface area contributed by atoms with Gasteiger partial charge in [0.1, 0.15) is 5.75 Å². The van der Waals surface area contributed by atoms with Crippen molar-refractivity contribution >= 4 is 11.6 Å². The first-order valence-electron chi connectivity index (χ1n) is 9.86. The van der Waals surface area contributed by atoms with Gasteiger partial charge in [-0.2, -0.15) is 0 Å². The molecule has 7 heteroatoms. The second-order valence-electron chi connectivity index (χ2n) is 7.33. The van der Waals surface area contributed by atoms with Crippen LogP contribution < -0.4 is 10.1 Å². The van der Waals surface area contributed by atoms with E-state index in [-0.39, 0.29) is 11.7 Å². The Morgan fingerprint density at radius 2 is 1.90 bits per heavy atom. The number of hydrogen-bond donors (Lipinski definition) is 1. The molecule has 0 radical (unpaired) electrons. The number of anilines is 1. The van der Waals surface area contributed by atoms with Crippen LogP contribution in [0.5, 0.6) is 5.75 Å². The smallest absolute Gasteiger partial charge is 0.251 e. The minimum absolute atomic E-state index is 0.0157. The Labute approximate surface area is 170 Å². The number of rotatable bonds is 5. The number of carbonyl (C=O) groups is 1. The molecule has 0 saturated carbocycles. The van der Waals surface area contributed by atoms with E-state index in [1.54, 1.807) is 11.8 Å². The van der Waals surface area contributed by atoms with Crippen molar-refractivity contribution in [2.24, 2.45) is 0 Å². The highest BCUT2D eigenvalue weighted by Crippen LogP contribution is 2.39. The fourth-order valence-corrected chi connectivity index (χ4v) is 4.05. The average molecular weight is 391 g/mol. The lowest BCUT2D eigenvalue weighted by Gasteiger charge is -2.24. The topological polar surface area (TPSA) is 81.9 Å². The molecule has 150 valence electrons. The van der Waals surface area contributed by atoms with Crippen LogP contribution in [0.2, 0.25) is 0 Å². The van der Waals surface area contributed by atoms with Gasteiger partial charge in [-0.15, -0.1) is 5.10 Å². The number of methoxy groups -OCH3 is 1. The van der Waals surface area contributed by atoms with Gasteiger partial charge in [0.15, 0.2) is 11.6 Å². The number of Topliss-reactive ketones (excluding diaryl/α,β-unsaturated/α-hetero) is 1. The van der Waals surface area contributed by atoms with E-state index in [0.717, 1.165) is 28.4 Å². The van der Waals surface area contributed by atoms with E-state index < -0.39 is 0 Å². The molecular weight excluding hydrogens is 366 g/mol. The maximum absolute atomic E-state index is 13.2. The molecule has 0 unspecified atom stereocenters. The van der Waals surface area contributed by atoms with Crippen LogP contribution in [-0.2, 0) is 6.42 Å². The quantitative estimate of drug-likeness (QED) is 0.715. The van der Waals surface area contributed by atoms with Gasteiger partial charge < -0.3 is 10.1 Å². The van der Waals surface area contributed by atoms with Gasteiger partial charge in [-0.05, 0) is 44.9 Å². The van der Waals surface area contributed by atoms with Crippen molar-refractivity contribution in [1.82, 2.24) is 19.7 Å². The molecule has 1 atom stereocenters. The van der Waals surface area contributed by atoms with Gasteiger partial charge in [0.2, 0.25) is 0 Å². The summed E-state index contributed by atoms with van der Waals surface area (Å²) in [6.45, 7) is 6.54.